The summed E-state index contributed by atoms with van der Waals surface area (Å²) < 4.78 is 46.8. The molecule has 0 saturated heterocycles. The predicted octanol–water partition coefficient (Wildman–Crippen LogP) is 3.39. The first-order valence-corrected chi connectivity index (χ1v) is 17.2. The third kappa shape index (κ3) is 5.36. The second-order valence-electron chi connectivity index (χ2n) is 12.4. The zero-order valence-electron chi connectivity index (χ0n) is 27.5. The lowest BCUT2D eigenvalue weighted by Gasteiger charge is -2.41. The fraction of sp³-hybridized carbons (Fsp3) is 0.457. The van der Waals surface area contributed by atoms with Crippen molar-refractivity contribution >= 4 is 16.1 Å². The molecule has 1 saturated carbocycles. The van der Waals surface area contributed by atoms with E-state index in [0.29, 0.717) is 16.9 Å². The maximum Gasteiger partial charge on any atom is 0.303 e. The lowest BCUT2D eigenvalue weighted by Crippen LogP contribution is -2.52. The highest BCUT2D eigenvalue weighted by Crippen LogP contribution is 2.70. The highest BCUT2D eigenvalue weighted by atomic mass is 32.2. The first kappa shape index (κ1) is 34.6. The van der Waals surface area contributed by atoms with Crippen LogP contribution in [-0.4, -0.2) is 75.0 Å². The number of carbonyl (C=O) groups excluding carboxylic acids is 1. The summed E-state index contributed by atoms with van der Waals surface area (Å²) >= 11 is 0. The Kier molecular flexibility index (Phi) is 9.64. The summed E-state index contributed by atoms with van der Waals surface area (Å²) in [6.45, 7) is 4.14. The molecule has 1 fully saturated rings. The smallest absolute Gasteiger partial charge is 0.303 e. The van der Waals surface area contributed by atoms with Gasteiger partial charge in [-0.05, 0) is 34.9 Å². The molecule has 1 heterocycles. The normalized spacial score (nSPS) is 26.2. The van der Waals surface area contributed by atoms with Crippen molar-refractivity contribution in [3.05, 3.63) is 89.0 Å². The number of fused-ring (bicyclic) bond motifs is 3. The molecule has 0 radical (unpaired) electrons. The SMILES string of the molecule is CCC(CO)C(CC)c1ccc([C@@]23Oc4cc(OC)cc(OC)c4[C@]2(O)[C@H](O)[C@H](C(=O)NS(=O)(=O)N(C)C)[C@H]3c2ccccc2)cc1. The van der Waals surface area contributed by atoms with Crippen LogP contribution in [0.3, 0.4) is 0 Å². The summed E-state index contributed by atoms with van der Waals surface area (Å²) in [5.74, 6) is -2.77. The fourth-order valence-electron chi connectivity index (χ4n) is 7.60. The van der Waals surface area contributed by atoms with Gasteiger partial charge in [-0.3, -0.25) is 4.79 Å². The molecular formula is C35H44N2O9S. The van der Waals surface area contributed by atoms with Gasteiger partial charge in [0.15, 0.2) is 11.2 Å². The summed E-state index contributed by atoms with van der Waals surface area (Å²) in [6.07, 6.45) is -0.286. The molecule has 12 heteroatoms. The lowest BCUT2D eigenvalue weighted by molar-refractivity contribution is -0.154. The number of nitrogens with zero attached hydrogens (tertiary/aromatic N) is 1. The van der Waals surface area contributed by atoms with Gasteiger partial charge in [0.2, 0.25) is 5.91 Å². The molecule has 0 bridgehead atoms. The largest absolute Gasteiger partial charge is 0.496 e. The number of nitrogens with one attached hydrogen (secondary N) is 1. The number of carbonyl (C=O) groups is 1. The number of aliphatic hydroxyl groups is 3. The number of hydrogen-bond donors (Lipinski definition) is 4. The van der Waals surface area contributed by atoms with Crippen LogP contribution in [0, 0.1) is 11.8 Å². The molecule has 254 valence electrons. The maximum absolute atomic E-state index is 14.1. The third-order valence-corrected chi connectivity index (χ3v) is 11.4. The molecule has 2 unspecified atom stereocenters. The van der Waals surface area contributed by atoms with Crippen LogP contribution in [-0.2, 0) is 26.2 Å². The summed E-state index contributed by atoms with van der Waals surface area (Å²) in [5.41, 5.74) is -2.08. The highest BCUT2D eigenvalue weighted by molar-refractivity contribution is 7.87. The van der Waals surface area contributed by atoms with Crippen LogP contribution in [0.2, 0.25) is 0 Å². The Morgan fingerprint density at radius 3 is 2.21 bits per heavy atom. The fourth-order valence-corrected chi connectivity index (χ4v) is 8.18. The van der Waals surface area contributed by atoms with Gasteiger partial charge in [-0.1, -0.05) is 74.9 Å². The molecule has 11 nitrogen and oxygen atoms in total. The molecule has 7 atom stereocenters. The van der Waals surface area contributed by atoms with Crippen LogP contribution in [0.25, 0.3) is 0 Å². The molecule has 47 heavy (non-hydrogen) atoms. The minimum atomic E-state index is -4.27. The van der Waals surface area contributed by atoms with Crippen molar-refractivity contribution in [3.8, 4) is 17.2 Å². The number of hydrogen-bond acceptors (Lipinski definition) is 9. The second-order valence-corrected chi connectivity index (χ2v) is 14.3. The van der Waals surface area contributed by atoms with Gasteiger partial charge >= 0.3 is 10.2 Å². The van der Waals surface area contributed by atoms with E-state index < -0.39 is 45.3 Å². The molecule has 3 aromatic rings. The van der Waals surface area contributed by atoms with Gasteiger partial charge in [0.05, 0.1) is 25.7 Å². The average Bonchev–Trinajstić information content (AvgIpc) is 3.45. The van der Waals surface area contributed by atoms with E-state index in [1.807, 2.05) is 31.2 Å². The van der Waals surface area contributed by atoms with Gasteiger partial charge in [0.1, 0.15) is 23.4 Å². The number of benzene rings is 3. The molecule has 4 N–H and O–H groups in total. The van der Waals surface area contributed by atoms with E-state index in [-0.39, 0.29) is 35.5 Å². The van der Waals surface area contributed by atoms with Crippen LogP contribution < -0.4 is 18.9 Å². The molecule has 2 aliphatic rings. The number of ether oxygens (including phenoxy) is 3. The summed E-state index contributed by atoms with van der Waals surface area (Å²) in [7, 11) is 1.18. The van der Waals surface area contributed by atoms with Crippen molar-refractivity contribution in [2.75, 3.05) is 34.9 Å². The zero-order chi connectivity index (χ0) is 34.3. The Hall–Kier alpha value is -3.68. The Morgan fingerprint density at radius 2 is 1.68 bits per heavy atom. The van der Waals surface area contributed by atoms with E-state index in [2.05, 4.69) is 11.6 Å². The van der Waals surface area contributed by atoms with Crippen molar-refractivity contribution in [1.29, 1.82) is 0 Å². The van der Waals surface area contributed by atoms with Crippen LogP contribution in [0.4, 0.5) is 0 Å². The van der Waals surface area contributed by atoms with E-state index >= 15 is 0 Å². The first-order valence-electron chi connectivity index (χ1n) is 15.7. The van der Waals surface area contributed by atoms with Gasteiger partial charge < -0.3 is 29.5 Å². The summed E-state index contributed by atoms with van der Waals surface area (Å²) in [4.78, 5) is 14.1. The molecule has 3 aromatic carbocycles. The molecule has 1 aliphatic heterocycles. The Labute approximate surface area is 276 Å². The van der Waals surface area contributed by atoms with Crippen molar-refractivity contribution in [2.45, 2.75) is 55.8 Å². The third-order valence-electron chi connectivity index (χ3n) is 9.99. The minimum absolute atomic E-state index is 0.0371. The van der Waals surface area contributed by atoms with Crippen molar-refractivity contribution in [3.63, 3.8) is 0 Å². The van der Waals surface area contributed by atoms with Gasteiger partial charge in [0, 0.05) is 38.8 Å². The van der Waals surface area contributed by atoms with Crippen molar-refractivity contribution in [2.24, 2.45) is 11.8 Å². The summed E-state index contributed by atoms with van der Waals surface area (Å²) in [6, 6.07) is 19.4. The van der Waals surface area contributed by atoms with Gasteiger partial charge in [-0.25, -0.2) is 4.72 Å². The number of methoxy groups -OCH3 is 2. The molecule has 5 rings (SSSR count). The van der Waals surface area contributed by atoms with Crippen molar-refractivity contribution < 1.29 is 42.7 Å². The second kappa shape index (κ2) is 13.1. The molecule has 0 spiro atoms. The zero-order valence-corrected chi connectivity index (χ0v) is 28.3. The Bertz CT molecular complexity index is 1700. The molecule has 1 aliphatic carbocycles. The average molecular weight is 669 g/mol. The quantitative estimate of drug-likeness (QED) is 0.227. The van der Waals surface area contributed by atoms with E-state index in [9.17, 15) is 28.5 Å². The van der Waals surface area contributed by atoms with E-state index in [1.165, 1.54) is 28.3 Å². The predicted molar refractivity (Wildman–Crippen MR) is 176 cm³/mol. The first-order chi connectivity index (χ1) is 22.4. The van der Waals surface area contributed by atoms with Gasteiger partial charge in [0.25, 0.3) is 0 Å². The van der Waals surface area contributed by atoms with Crippen LogP contribution in [0.15, 0.2) is 66.7 Å². The number of rotatable bonds is 12. The Balaban J connectivity index is 1.81. The minimum Gasteiger partial charge on any atom is -0.496 e. The Morgan fingerprint density at radius 1 is 1.02 bits per heavy atom. The van der Waals surface area contributed by atoms with Crippen LogP contribution in [0.5, 0.6) is 17.2 Å². The van der Waals surface area contributed by atoms with Crippen LogP contribution >= 0.6 is 0 Å². The molecule has 0 aromatic heterocycles. The van der Waals surface area contributed by atoms with E-state index in [0.717, 1.165) is 22.7 Å². The highest BCUT2D eigenvalue weighted by Gasteiger charge is 2.78. The lowest BCUT2D eigenvalue weighted by atomic mass is 9.70. The molecular weight excluding hydrogens is 624 g/mol. The topological polar surface area (TPSA) is 155 Å². The number of amides is 1. The van der Waals surface area contributed by atoms with Crippen LogP contribution in [0.1, 0.15) is 60.8 Å². The van der Waals surface area contributed by atoms with Crippen molar-refractivity contribution in [1.82, 2.24) is 9.03 Å². The van der Waals surface area contributed by atoms with Gasteiger partial charge in [-0.15, -0.1) is 0 Å². The standard InChI is InChI=1S/C35H44N2O9S/c1-7-21(20-38)26(8-2)22-14-16-24(17-15-22)35-30(23-12-10-9-11-13-23)29(33(40)36-47(42,43)37(3)4)32(39)34(35,41)31-27(45-6)18-25(44-5)19-28(31)46-35/h9-19,21,26,29-30,32,38-39,41H,7-8,20H2,1-6H3,(H,36,40)/t21?,26?,29-,30-,32-,34+,35+/m1/s1. The van der Waals surface area contributed by atoms with E-state index in [1.54, 1.807) is 42.5 Å². The van der Waals surface area contributed by atoms with E-state index in [4.69, 9.17) is 14.2 Å². The maximum atomic E-state index is 14.1. The number of aliphatic hydroxyl groups excluding tert-OH is 2. The van der Waals surface area contributed by atoms with Gasteiger partial charge in [-0.2, -0.15) is 12.7 Å². The monoisotopic (exact) mass is 668 g/mol. The molecule has 1 amide bonds. The summed E-state index contributed by atoms with van der Waals surface area (Å²) in [5, 5.41) is 35.5.